The Labute approximate surface area is 142 Å². The number of para-hydroxylation sites is 1. The fraction of sp³-hybridized carbons (Fsp3) is 0.316. The summed E-state index contributed by atoms with van der Waals surface area (Å²) in [7, 11) is 3.12. The summed E-state index contributed by atoms with van der Waals surface area (Å²) in [6.45, 7) is 4.09. The second-order valence-corrected chi connectivity index (χ2v) is 5.60. The van der Waals surface area contributed by atoms with E-state index in [9.17, 15) is 4.79 Å². The number of hydrogen-bond donors (Lipinski definition) is 1. The highest BCUT2D eigenvalue weighted by molar-refractivity contribution is 5.93. The van der Waals surface area contributed by atoms with Gasteiger partial charge in [0.1, 0.15) is 17.2 Å². The summed E-state index contributed by atoms with van der Waals surface area (Å²) in [4.78, 5) is 12.2. The van der Waals surface area contributed by atoms with Crippen molar-refractivity contribution < 1.29 is 19.0 Å². The summed E-state index contributed by atoms with van der Waals surface area (Å²) >= 11 is 0. The summed E-state index contributed by atoms with van der Waals surface area (Å²) in [5.41, 5.74) is 1.62. The highest BCUT2D eigenvalue weighted by Crippen LogP contribution is 2.29. The minimum Gasteiger partial charge on any atom is -0.497 e. The second kappa shape index (κ2) is 8.24. The van der Waals surface area contributed by atoms with E-state index in [1.54, 1.807) is 32.4 Å². The van der Waals surface area contributed by atoms with Crippen molar-refractivity contribution in [3.05, 3.63) is 48.0 Å². The molecule has 0 aliphatic heterocycles. The van der Waals surface area contributed by atoms with Gasteiger partial charge in [-0.05, 0) is 29.7 Å². The van der Waals surface area contributed by atoms with E-state index in [4.69, 9.17) is 14.2 Å². The number of benzene rings is 2. The minimum atomic E-state index is -0.264. The number of hydrogen-bond acceptors (Lipinski definition) is 4. The molecule has 0 unspecified atom stereocenters. The maximum absolute atomic E-state index is 12.2. The number of nitrogens with one attached hydrogen (secondary N) is 1. The summed E-state index contributed by atoms with van der Waals surface area (Å²) in [6, 6.07) is 12.9. The Hall–Kier alpha value is -2.69. The molecule has 2 aromatic carbocycles. The van der Waals surface area contributed by atoms with Gasteiger partial charge in [0.25, 0.3) is 5.91 Å². The molecule has 128 valence electrons. The van der Waals surface area contributed by atoms with Crippen LogP contribution in [0.5, 0.6) is 17.2 Å². The number of amides is 1. The quantitative estimate of drug-likeness (QED) is 0.838. The molecule has 1 amide bonds. The van der Waals surface area contributed by atoms with Crippen LogP contribution in [0.3, 0.4) is 0 Å². The molecule has 1 N–H and O–H groups in total. The van der Waals surface area contributed by atoms with Gasteiger partial charge >= 0.3 is 0 Å². The molecule has 0 heterocycles. The zero-order chi connectivity index (χ0) is 17.5. The number of ether oxygens (including phenoxy) is 3. The molecule has 0 spiro atoms. The lowest BCUT2D eigenvalue weighted by molar-refractivity contribution is -0.118. The fourth-order valence-electron chi connectivity index (χ4n) is 2.33. The first-order valence-corrected chi connectivity index (χ1v) is 7.78. The van der Waals surface area contributed by atoms with E-state index in [-0.39, 0.29) is 12.5 Å². The van der Waals surface area contributed by atoms with Gasteiger partial charge in [-0.15, -0.1) is 0 Å². The Bertz CT molecular complexity index is 698. The van der Waals surface area contributed by atoms with Crippen LogP contribution < -0.4 is 19.5 Å². The fourth-order valence-corrected chi connectivity index (χ4v) is 2.33. The SMILES string of the molecule is COc1ccc(OC)c(NC(=O)COc2ccccc2C(C)C)c1. The van der Waals surface area contributed by atoms with E-state index >= 15 is 0 Å². The van der Waals surface area contributed by atoms with Crippen LogP contribution in [-0.2, 0) is 4.79 Å². The maximum Gasteiger partial charge on any atom is 0.262 e. The van der Waals surface area contributed by atoms with Crippen LogP contribution in [0, 0.1) is 0 Å². The molecule has 2 rings (SSSR count). The molecule has 0 aliphatic rings. The third-order valence-corrected chi connectivity index (χ3v) is 3.58. The van der Waals surface area contributed by atoms with Crippen LogP contribution in [0.25, 0.3) is 0 Å². The van der Waals surface area contributed by atoms with Gasteiger partial charge < -0.3 is 19.5 Å². The molecule has 0 atom stereocenters. The van der Waals surface area contributed by atoms with Crippen molar-refractivity contribution >= 4 is 11.6 Å². The van der Waals surface area contributed by atoms with E-state index in [0.29, 0.717) is 23.1 Å². The Morgan fingerprint density at radius 1 is 1.04 bits per heavy atom. The van der Waals surface area contributed by atoms with Gasteiger partial charge in [-0.1, -0.05) is 32.0 Å². The topological polar surface area (TPSA) is 56.8 Å². The number of carbonyl (C=O) groups excluding carboxylic acids is 1. The largest absolute Gasteiger partial charge is 0.497 e. The van der Waals surface area contributed by atoms with Crippen molar-refractivity contribution in [2.75, 3.05) is 26.1 Å². The highest BCUT2D eigenvalue weighted by Gasteiger charge is 2.12. The van der Waals surface area contributed by atoms with Crippen molar-refractivity contribution in [3.8, 4) is 17.2 Å². The Morgan fingerprint density at radius 2 is 1.79 bits per heavy atom. The molecule has 0 saturated heterocycles. The first-order chi connectivity index (χ1) is 11.5. The second-order valence-electron chi connectivity index (χ2n) is 5.60. The molecule has 0 aliphatic carbocycles. The number of rotatable bonds is 7. The average Bonchev–Trinajstić information content (AvgIpc) is 2.60. The predicted molar refractivity (Wildman–Crippen MR) is 94.2 cm³/mol. The molecule has 2 aromatic rings. The zero-order valence-electron chi connectivity index (χ0n) is 14.5. The maximum atomic E-state index is 12.2. The van der Waals surface area contributed by atoms with Crippen LogP contribution in [-0.4, -0.2) is 26.7 Å². The van der Waals surface area contributed by atoms with Gasteiger partial charge in [0.2, 0.25) is 0 Å². The van der Waals surface area contributed by atoms with E-state index in [1.165, 1.54) is 0 Å². The molecule has 0 bridgehead atoms. The summed E-state index contributed by atoms with van der Waals surface area (Å²) in [5, 5.41) is 2.79. The lowest BCUT2D eigenvalue weighted by Gasteiger charge is -2.15. The van der Waals surface area contributed by atoms with Crippen LogP contribution >= 0.6 is 0 Å². The number of anilines is 1. The van der Waals surface area contributed by atoms with Gasteiger partial charge in [0.15, 0.2) is 6.61 Å². The summed E-state index contributed by atoms with van der Waals surface area (Å²) in [6.07, 6.45) is 0. The monoisotopic (exact) mass is 329 g/mol. The molecular formula is C19H23NO4. The number of carbonyl (C=O) groups is 1. The third kappa shape index (κ3) is 4.41. The van der Waals surface area contributed by atoms with Crippen LogP contribution in [0.15, 0.2) is 42.5 Å². The van der Waals surface area contributed by atoms with Gasteiger partial charge in [0.05, 0.1) is 19.9 Å². The molecule has 5 heteroatoms. The van der Waals surface area contributed by atoms with E-state index in [1.807, 2.05) is 24.3 Å². The van der Waals surface area contributed by atoms with Crippen molar-refractivity contribution in [3.63, 3.8) is 0 Å². The molecule has 0 radical (unpaired) electrons. The molecule has 24 heavy (non-hydrogen) atoms. The Morgan fingerprint density at radius 3 is 2.46 bits per heavy atom. The highest BCUT2D eigenvalue weighted by atomic mass is 16.5. The average molecular weight is 329 g/mol. The van der Waals surface area contributed by atoms with Gasteiger partial charge in [0, 0.05) is 6.07 Å². The molecule has 5 nitrogen and oxygen atoms in total. The Kier molecular flexibility index (Phi) is 6.07. The Balaban J connectivity index is 2.04. The molecule has 0 aromatic heterocycles. The van der Waals surface area contributed by atoms with E-state index in [2.05, 4.69) is 19.2 Å². The molecule has 0 fully saturated rings. The van der Waals surface area contributed by atoms with Crippen LogP contribution in [0.4, 0.5) is 5.69 Å². The lowest BCUT2D eigenvalue weighted by Crippen LogP contribution is -2.21. The summed E-state index contributed by atoms with van der Waals surface area (Å²) < 4.78 is 16.1. The smallest absolute Gasteiger partial charge is 0.262 e. The minimum absolute atomic E-state index is 0.0793. The van der Waals surface area contributed by atoms with Crippen molar-refractivity contribution in [1.82, 2.24) is 0 Å². The third-order valence-electron chi connectivity index (χ3n) is 3.58. The first kappa shape index (κ1) is 17.7. The van der Waals surface area contributed by atoms with Crippen LogP contribution in [0.1, 0.15) is 25.3 Å². The van der Waals surface area contributed by atoms with Crippen molar-refractivity contribution in [2.24, 2.45) is 0 Å². The lowest BCUT2D eigenvalue weighted by atomic mass is 10.0. The van der Waals surface area contributed by atoms with Gasteiger partial charge in [-0.25, -0.2) is 0 Å². The van der Waals surface area contributed by atoms with E-state index in [0.717, 1.165) is 11.3 Å². The first-order valence-electron chi connectivity index (χ1n) is 7.78. The zero-order valence-corrected chi connectivity index (χ0v) is 14.5. The normalized spacial score (nSPS) is 10.4. The standard InChI is InChI=1S/C19H23NO4/c1-13(2)15-7-5-6-8-17(15)24-12-19(21)20-16-11-14(22-3)9-10-18(16)23-4/h5-11,13H,12H2,1-4H3,(H,20,21). The predicted octanol–water partition coefficient (Wildman–Crippen LogP) is 3.84. The van der Waals surface area contributed by atoms with Crippen molar-refractivity contribution in [2.45, 2.75) is 19.8 Å². The molecular weight excluding hydrogens is 306 g/mol. The molecule has 0 saturated carbocycles. The van der Waals surface area contributed by atoms with E-state index < -0.39 is 0 Å². The van der Waals surface area contributed by atoms with Gasteiger partial charge in [-0.3, -0.25) is 4.79 Å². The summed E-state index contributed by atoms with van der Waals surface area (Å²) in [5.74, 6) is 1.98. The van der Waals surface area contributed by atoms with Gasteiger partial charge in [-0.2, -0.15) is 0 Å². The number of methoxy groups -OCH3 is 2. The van der Waals surface area contributed by atoms with Crippen LogP contribution in [0.2, 0.25) is 0 Å². The van der Waals surface area contributed by atoms with Crippen molar-refractivity contribution in [1.29, 1.82) is 0 Å².